The van der Waals surface area contributed by atoms with Gasteiger partial charge in [0.1, 0.15) is 0 Å². The average Bonchev–Trinajstić information content (AvgIpc) is 3.18. The first-order chi connectivity index (χ1) is 16.1. The molecule has 0 spiro atoms. The number of hydrogen-bond donors (Lipinski definition) is 1. The van der Waals surface area contributed by atoms with Gasteiger partial charge in [-0.25, -0.2) is 0 Å². The Morgan fingerprint density at radius 1 is 0.939 bits per heavy atom. The van der Waals surface area contributed by atoms with Crippen molar-refractivity contribution in [3.8, 4) is 0 Å². The predicted molar refractivity (Wildman–Crippen MR) is 136 cm³/mol. The third-order valence-corrected chi connectivity index (χ3v) is 7.18. The largest absolute Gasteiger partial charge is 0.322 e. The molecule has 1 aromatic heterocycles. The van der Waals surface area contributed by atoms with Gasteiger partial charge in [0.25, 0.3) is 5.91 Å². The smallest absolute Gasteiger partial charge is 0.255 e. The van der Waals surface area contributed by atoms with Gasteiger partial charge >= 0.3 is 0 Å². The van der Waals surface area contributed by atoms with E-state index < -0.39 is 0 Å². The summed E-state index contributed by atoms with van der Waals surface area (Å²) in [7, 11) is 0. The Kier molecular flexibility index (Phi) is 6.05. The van der Waals surface area contributed by atoms with Gasteiger partial charge in [0.05, 0.1) is 11.3 Å². The third-order valence-electron chi connectivity index (χ3n) is 6.18. The molecule has 5 heteroatoms. The molecule has 0 unspecified atom stereocenters. The lowest BCUT2D eigenvalue weighted by Crippen LogP contribution is -2.18. The molecule has 33 heavy (non-hydrogen) atoms. The molecule has 0 saturated heterocycles. The summed E-state index contributed by atoms with van der Waals surface area (Å²) in [5, 5.41) is 4.16. The number of benzene rings is 3. The highest BCUT2D eigenvalue weighted by Crippen LogP contribution is 2.32. The first kappa shape index (κ1) is 21.5. The number of fused-ring (bicyclic) bond motifs is 3. The molecule has 5 rings (SSSR count). The number of aromatic nitrogens is 1. The number of rotatable bonds is 5. The topological polar surface area (TPSA) is 51.1 Å². The minimum atomic E-state index is -0.126. The molecule has 1 heterocycles. The maximum absolute atomic E-state index is 13.2. The number of aryl methyl sites for hydroxylation is 2. The lowest BCUT2D eigenvalue weighted by Gasteiger charge is -2.15. The van der Waals surface area contributed by atoms with Gasteiger partial charge in [0, 0.05) is 27.2 Å². The van der Waals surface area contributed by atoms with E-state index in [0.29, 0.717) is 11.3 Å². The van der Waals surface area contributed by atoms with Crippen molar-refractivity contribution in [1.82, 2.24) is 4.57 Å². The summed E-state index contributed by atoms with van der Waals surface area (Å²) in [4.78, 5) is 26.7. The normalized spacial score (nSPS) is 13.0. The van der Waals surface area contributed by atoms with Crippen LogP contribution >= 0.6 is 11.8 Å². The quantitative estimate of drug-likeness (QED) is 0.350. The molecule has 0 saturated carbocycles. The van der Waals surface area contributed by atoms with Crippen molar-refractivity contribution in [2.24, 2.45) is 0 Å². The lowest BCUT2D eigenvalue weighted by atomic mass is 9.96. The molecule has 4 nitrogen and oxygen atoms in total. The summed E-state index contributed by atoms with van der Waals surface area (Å²) in [5.74, 6) is 0.370. The number of amides is 1. The molecule has 0 aliphatic heterocycles. The van der Waals surface area contributed by atoms with Crippen LogP contribution in [0.25, 0.3) is 10.9 Å². The molecule has 1 N–H and O–H groups in total. The summed E-state index contributed by atoms with van der Waals surface area (Å²) in [6, 6.07) is 23.5. The number of carbonyl (C=O) groups is 2. The average molecular weight is 455 g/mol. The monoisotopic (exact) mass is 454 g/mol. The number of anilines is 1. The number of nitrogens with zero attached hydrogens (tertiary/aromatic N) is 1. The van der Waals surface area contributed by atoms with Gasteiger partial charge in [0.15, 0.2) is 0 Å². The molecule has 1 amide bonds. The molecule has 0 bridgehead atoms. The van der Waals surface area contributed by atoms with Crippen molar-refractivity contribution in [1.29, 1.82) is 0 Å². The van der Waals surface area contributed by atoms with E-state index in [-0.39, 0.29) is 11.8 Å². The van der Waals surface area contributed by atoms with E-state index in [0.717, 1.165) is 40.9 Å². The van der Waals surface area contributed by atoms with Crippen LogP contribution in [0.2, 0.25) is 0 Å². The van der Waals surface area contributed by atoms with E-state index in [1.165, 1.54) is 34.8 Å². The Morgan fingerprint density at radius 3 is 2.55 bits per heavy atom. The van der Waals surface area contributed by atoms with Crippen LogP contribution in [-0.2, 0) is 12.8 Å². The first-order valence-corrected chi connectivity index (χ1v) is 12.3. The first-order valence-electron chi connectivity index (χ1n) is 11.4. The van der Waals surface area contributed by atoms with Crippen LogP contribution in [0.5, 0.6) is 0 Å². The number of para-hydroxylation sites is 1. The summed E-state index contributed by atoms with van der Waals surface area (Å²) in [5.41, 5.74) is 6.01. The molecule has 166 valence electrons. The molecule has 1 aliphatic carbocycles. The Bertz CT molecular complexity index is 1340. The highest BCUT2D eigenvalue weighted by Gasteiger charge is 2.23. The van der Waals surface area contributed by atoms with E-state index in [2.05, 4.69) is 23.5 Å². The summed E-state index contributed by atoms with van der Waals surface area (Å²) in [6.45, 7) is 1.97. The highest BCUT2D eigenvalue weighted by molar-refractivity contribution is 8.00. The van der Waals surface area contributed by atoms with Crippen molar-refractivity contribution in [3.05, 3.63) is 95.2 Å². The van der Waals surface area contributed by atoms with E-state index in [4.69, 9.17) is 0 Å². The van der Waals surface area contributed by atoms with Crippen LogP contribution < -0.4 is 5.32 Å². The SMILES string of the molecule is Cc1cccc(C(=O)Nc2ccc(SCC(=O)n3c4c(c5ccccc53)CCCC4)cc2)c1. The molecular formula is C28H26N2O2S. The predicted octanol–water partition coefficient (Wildman–Crippen LogP) is 6.51. The summed E-state index contributed by atoms with van der Waals surface area (Å²) < 4.78 is 1.95. The lowest BCUT2D eigenvalue weighted by molar-refractivity contribution is 0.0942. The van der Waals surface area contributed by atoms with Gasteiger partial charge in [-0.3, -0.25) is 14.2 Å². The van der Waals surface area contributed by atoms with Gasteiger partial charge in [-0.05, 0) is 80.6 Å². The van der Waals surface area contributed by atoms with Gasteiger partial charge in [-0.2, -0.15) is 0 Å². The number of hydrogen-bond acceptors (Lipinski definition) is 3. The second-order valence-corrected chi connectivity index (χ2v) is 9.56. The Morgan fingerprint density at radius 2 is 1.73 bits per heavy atom. The van der Waals surface area contributed by atoms with Gasteiger partial charge in [0.2, 0.25) is 5.91 Å². The second kappa shape index (κ2) is 9.28. The van der Waals surface area contributed by atoms with Crippen LogP contribution in [0, 0.1) is 6.92 Å². The van der Waals surface area contributed by atoms with Crippen molar-refractivity contribution in [2.75, 3.05) is 11.1 Å². The second-order valence-electron chi connectivity index (χ2n) is 8.52. The minimum absolute atomic E-state index is 0.121. The van der Waals surface area contributed by atoms with Gasteiger partial charge in [-0.1, -0.05) is 35.9 Å². The van der Waals surface area contributed by atoms with E-state index in [9.17, 15) is 9.59 Å². The molecular weight excluding hydrogens is 428 g/mol. The number of nitrogens with one attached hydrogen (secondary N) is 1. The van der Waals surface area contributed by atoms with Crippen LogP contribution in [0.4, 0.5) is 5.69 Å². The fourth-order valence-electron chi connectivity index (χ4n) is 4.61. The Labute approximate surface area is 198 Å². The zero-order valence-corrected chi connectivity index (χ0v) is 19.5. The van der Waals surface area contributed by atoms with Crippen molar-refractivity contribution in [2.45, 2.75) is 37.5 Å². The minimum Gasteiger partial charge on any atom is -0.322 e. The van der Waals surface area contributed by atoms with Gasteiger partial charge < -0.3 is 5.32 Å². The standard InChI is InChI=1S/C28H26N2O2S/c1-19-7-6-8-20(17-19)28(32)29-21-13-15-22(16-14-21)33-18-27(31)30-25-11-4-2-9-23(25)24-10-3-5-12-26(24)30/h2,4,6-9,11,13-17H,3,5,10,12,18H2,1H3,(H,29,32). The van der Waals surface area contributed by atoms with Crippen molar-refractivity contribution < 1.29 is 9.59 Å². The maximum atomic E-state index is 13.2. The fourth-order valence-corrected chi connectivity index (χ4v) is 5.36. The highest BCUT2D eigenvalue weighted by atomic mass is 32.2. The van der Waals surface area contributed by atoms with Crippen LogP contribution in [0.1, 0.15) is 44.8 Å². The van der Waals surface area contributed by atoms with Crippen LogP contribution in [0.15, 0.2) is 77.7 Å². The van der Waals surface area contributed by atoms with E-state index in [1.54, 1.807) is 0 Å². The maximum Gasteiger partial charge on any atom is 0.255 e. The molecule has 0 atom stereocenters. The summed E-state index contributed by atoms with van der Waals surface area (Å²) in [6.07, 6.45) is 4.35. The van der Waals surface area contributed by atoms with Gasteiger partial charge in [-0.15, -0.1) is 11.8 Å². The zero-order chi connectivity index (χ0) is 22.8. The summed E-state index contributed by atoms with van der Waals surface area (Å²) >= 11 is 1.53. The molecule has 0 radical (unpaired) electrons. The molecule has 1 aliphatic rings. The Hall–Kier alpha value is -3.31. The van der Waals surface area contributed by atoms with Crippen LogP contribution in [0.3, 0.4) is 0 Å². The molecule has 4 aromatic rings. The Balaban J connectivity index is 1.27. The number of carbonyl (C=O) groups excluding carboxylic acids is 2. The van der Waals surface area contributed by atoms with E-state index >= 15 is 0 Å². The van der Waals surface area contributed by atoms with Crippen molar-refractivity contribution in [3.63, 3.8) is 0 Å². The number of thioether (sulfide) groups is 1. The van der Waals surface area contributed by atoms with Crippen molar-refractivity contribution >= 4 is 40.2 Å². The third kappa shape index (κ3) is 4.46. The zero-order valence-electron chi connectivity index (χ0n) is 18.6. The fraction of sp³-hybridized carbons (Fsp3) is 0.214. The van der Waals surface area contributed by atoms with Crippen LogP contribution in [-0.4, -0.2) is 22.1 Å². The van der Waals surface area contributed by atoms with E-state index in [1.807, 2.05) is 66.1 Å². The molecule has 0 fully saturated rings. The molecule has 3 aromatic carbocycles.